The number of rotatable bonds is 0. The third kappa shape index (κ3) is 1.10. The predicted molar refractivity (Wildman–Crippen MR) is 47.7 cm³/mol. The molecule has 3 aliphatic rings. The van der Waals surface area contributed by atoms with E-state index in [1.165, 1.54) is 38.5 Å². The molecule has 0 aromatic rings. The first-order valence-electron chi connectivity index (χ1n) is 4.95. The third-order valence-electron chi connectivity index (χ3n) is 3.83. The molecule has 0 radical (unpaired) electrons. The van der Waals surface area contributed by atoms with E-state index >= 15 is 0 Å². The fourth-order valence-corrected chi connectivity index (χ4v) is 2.75. The first-order chi connectivity index (χ1) is 5.22. The van der Waals surface area contributed by atoms with Gasteiger partial charge in [-0.15, -0.1) is 0 Å². The largest absolute Gasteiger partial charge is 0.298 e. The standard InChI is InChI=1S/C10H19N/c1-10-7-5-3-4-6-9(8-10)11(10)2/h9H,3-8H2,1-2H3. The summed E-state index contributed by atoms with van der Waals surface area (Å²) in [6.07, 6.45) is 8.73. The minimum absolute atomic E-state index is 0.588. The zero-order valence-corrected chi connectivity index (χ0v) is 7.77. The molecule has 2 heterocycles. The van der Waals surface area contributed by atoms with E-state index in [0.29, 0.717) is 5.54 Å². The second-order valence-electron chi connectivity index (χ2n) is 4.57. The van der Waals surface area contributed by atoms with Crippen LogP contribution in [-0.2, 0) is 0 Å². The molecular weight excluding hydrogens is 134 g/mol. The van der Waals surface area contributed by atoms with E-state index in [1.807, 2.05) is 0 Å². The van der Waals surface area contributed by atoms with Crippen LogP contribution in [0, 0.1) is 0 Å². The minimum atomic E-state index is 0.588. The second-order valence-corrected chi connectivity index (χ2v) is 4.57. The highest BCUT2D eigenvalue weighted by atomic mass is 15.3. The molecule has 0 spiro atoms. The lowest BCUT2D eigenvalue weighted by Crippen LogP contribution is -2.62. The molecule has 2 aliphatic heterocycles. The molecule has 1 heteroatoms. The van der Waals surface area contributed by atoms with E-state index in [2.05, 4.69) is 18.9 Å². The SMILES string of the molecule is CN1C2CCCCCC1(C)C2. The summed E-state index contributed by atoms with van der Waals surface area (Å²) in [4.78, 5) is 2.60. The molecule has 3 rings (SSSR count). The van der Waals surface area contributed by atoms with Gasteiger partial charge in [-0.05, 0) is 33.2 Å². The Morgan fingerprint density at radius 1 is 1.27 bits per heavy atom. The first kappa shape index (κ1) is 7.60. The van der Waals surface area contributed by atoms with Crippen LogP contribution in [0.4, 0.5) is 0 Å². The normalized spacial score (nSPS) is 45.8. The highest BCUT2D eigenvalue weighted by Gasteiger charge is 2.45. The molecule has 1 nitrogen and oxygen atoms in total. The van der Waals surface area contributed by atoms with E-state index in [4.69, 9.17) is 0 Å². The van der Waals surface area contributed by atoms with E-state index in [9.17, 15) is 0 Å². The Morgan fingerprint density at radius 3 is 2.82 bits per heavy atom. The summed E-state index contributed by atoms with van der Waals surface area (Å²) in [6, 6.07) is 0.931. The molecule has 64 valence electrons. The van der Waals surface area contributed by atoms with Gasteiger partial charge < -0.3 is 0 Å². The number of hydrogen-bond acceptors (Lipinski definition) is 1. The van der Waals surface area contributed by atoms with Crippen molar-refractivity contribution in [3.05, 3.63) is 0 Å². The molecule has 2 bridgehead atoms. The Kier molecular flexibility index (Phi) is 1.71. The number of hydrogen-bond donors (Lipinski definition) is 0. The molecule has 3 fully saturated rings. The lowest BCUT2D eigenvalue weighted by molar-refractivity contribution is -0.0575. The molecule has 0 aromatic carbocycles. The van der Waals surface area contributed by atoms with E-state index in [1.54, 1.807) is 0 Å². The minimum Gasteiger partial charge on any atom is -0.298 e. The maximum Gasteiger partial charge on any atom is 0.0196 e. The second kappa shape index (κ2) is 2.48. The van der Waals surface area contributed by atoms with Gasteiger partial charge in [0.2, 0.25) is 0 Å². The van der Waals surface area contributed by atoms with Gasteiger partial charge in [0.25, 0.3) is 0 Å². The van der Waals surface area contributed by atoms with Crippen molar-refractivity contribution in [3.63, 3.8) is 0 Å². The Labute approximate surface area is 69.8 Å². The highest BCUT2D eigenvalue weighted by molar-refractivity contribution is 5.01. The molecule has 2 atom stereocenters. The van der Waals surface area contributed by atoms with Gasteiger partial charge in [0.05, 0.1) is 0 Å². The maximum atomic E-state index is 2.60. The van der Waals surface area contributed by atoms with Crippen molar-refractivity contribution in [2.45, 2.75) is 57.0 Å². The lowest BCUT2D eigenvalue weighted by atomic mass is 9.73. The van der Waals surface area contributed by atoms with Crippen molar-refractivity contribution in [1.82, 2.24) is 4.90 Å². The Hall–Kier alpha value is -0.0400. The summed E-state index contributed by atoms with van der Waals surface area (Å²) in [5.74, 6) is 0. The maximum absolute atomic E-state index is 2.60. The molecule has 2 saturated heterocycles. The molecule has 0 aromatic heterocycles. The summed E-state index contributed by atoms with van der Waals surface area (Å²) in [6.45, 7) is 2.43. The van der Waals surface area contributed by atoms with Crippen molar-refractivity contribution in [2.75, 3.05) is 7.05 Å². The number of fused-ring (bicyclic) bond motifs is 4. The quantitative estimate of drug-likeness (QED) is 0.516. The van der Waals surface area contributed by atoms with Crippen LogP contribution in [0.3, 0.4) is 0 Å². The van der Waals surface area contributed by atoms with Crippen molar-refractivity contribution >= 4 is 0 Å². The van der Waals surface area contributed by atoms with Gasteiger partial charge in [0.1, 0.15) is 0 Å². The van der Waals surface area contributed by atoms with Gasteiger partial charge in [-0.2, -0.15) is 0 Å². The van der Waals surface area contributed by atoms with Crippen LogP contribution in [0.5, 0.6) is 0 Å². The first-order valence-corrected chi connectivity index (χ1v) is 4.95. The average Bonchev–Trinajstić information content (AvgIpc) is 1.96. The van der Waals surface area contributed by atoms with Gasteiger partial charge in [0, 0.05) is 11.6 Å². The van der Waals surface area contributed by atoms with Crippen LogP contribution in [-0.4, -0.2) is 23.5 Å². The fraction of sp³-hybridized carbons (Fsp3) is 1.00. The molecular formula is C10H19N. The summed E-state index contributed by atoms with van der Waals surface area (Å²) in [5, 5.41) is 0. The third-order valence-corrected chi connectivity index (χ3v) is 3.83. The topological polar surface area (TPSA) is 3.24 Å². The molecule has 0 N–H and O–H groups in total. The smallest absolute Gasteiger partial charge is 0.0196 e. The highest BCUT2D eigenvalue weighted by Crippen LogP contribution is 2.42. The Morgan fingerprint density at radius 2 is 2.09 bits per heavy atom. The zero-order chi connectivity index (χ0) is 7.90. The molecule has 2 unspecified atom stereocenters. The molecule has 11 heavy (non-hydrogen) atoms. The molecule has 1 saturated carbocycles. The summed E-state index contributed by atoms with van der Waals surface area (Å²) in [7, 11) is 2.31. The van der Waals surface area contributed by atoms with Crippen LogP contribution in [0.1, 0.15) is 45.4 Å². The summed E-state index contributed by atoms with van der Waals surface area (Å²) in [5.41, 5.74) is 0.588. The average molecular weight is 153 g/mol. The summed E-state index contributed by atoms with van der Waals surface area (Å²) >= 11 is 0. The fourth-order valence-electron chi connectivity index (χ4n) is 2.75. The van der Waals surface area contributed by atoms with Crippen LogP contribution >= 0.6 is 0 Å². The van der Waals surface area contributed by atoms with E-state index in [-0.39, 0.29) is 0 Å². The Balaban J connectivity index is 2.03. The van der Waals surface area contributed by atoms with Crippen LogP contribution in [0.2, 0.25) is 0 Å². The van der Waals surface area contributed by atoms with Gasteiger partial charge in [0.15, 0.2) is 0 Å². The van der Waals surface area contributed by atoms with Crippen molar-refractivity contribution in [2.24, 2.45) is 0 Å². The van der Waals surface area contributed by atoms with E-state index < -0.39 is 0 Å². The van der Waals surface area contributed by atoms with Gasteiger partial charge >= 0.3 is 0 Å². The van der Waals surface area contributed by atoms with Gasteiger partial charge in [-0.1, -0.05) is 19.3 Å². The predicted octanol–water partition coefficient (Wildman–Crippen LogP) is 2.41. The van der Waals surface area contributed by atoms with Gasteiger partial charge in [-0.25, -0.2) is 0 Å². The van der Waals surface area contributed by atoms with Crippen molar-refractivity contribution < 1.29 is 0 Å². The monoisotopic (exact) mass is 153 g/mol. The van der Waals surface area contributed by atoms with Crippen LogP contribution < -0.4 is 0 Å². The van der Waals surface area contributed by atoms with E-state index in [0.717, 1.165) is 6.04 Å². The van der Waals surface area contributed by atoms with Gasteiger partial charge in [-0.3, -0.25) is 4.90 Å². The Bertz CT molecular complexity index is 151. The van der Waals surface area contributed by atoms with Crippen LogP contribution in [0.15, 0.2) is 0 Å². The summed E-state index contributed by atoms with van der Waals surface area (Å²) < 4.78 is 0. The van der Waals surface area contributed by atoms with Crippen molar-refractivity contribution in [3.8, 4) is 0 Å². The molecule has 1 aliphatic carbocycles. The molecule has 0 amide bonds. The van der Waals surface area contributed by atoms with Crippen LogP contribution in [0.25, 0.3) is 0 Å². The van der Waals surface area contributed by atoms with Crippen molar-refractivity contribution in [1.29, 1.82) is 0 Å². The number of nitrogens with zero attached hydrogens (tertiary/aromatic N) is 1. The lowest BCUT2D eigenvalue weighted by Gasteiger charge is -2.56. The zero-order valence-electron chi connectivity index (χ0n) is 7.77.